The van der Waals surface area contributed by atoms with E-state index in [-0.39, 0.29) is 12.5 Å². The summed E-state index contributed by atoms with van der Waals surface area (Å²) in [5.41, 5.74) is 2.14. The minimum absolute atomic E-state index is 0.0112. The Morgan fingerprint density at radius 2 is 1.95 bits per heavy atom. The van der Waals surface area contributed by atoms with Crippen LogP contribution in [0.2, 0.25) is 5.02 Å². The van der Waals surface area contributed by atoms with Crippen molar-refractivity contribution < 1.29 is 9.53 Å². The van der Waals surface area contributed by atoms with Crippen molar-refractivity contribution in [3.05, 3.63) is 64.7 Å². The first-order valence-electron chi connectivity index (χ1n) is 6.91. The largest absolute Gasteiger partial charge is 0.483 e. The molecule has 0 aliphatic carbocycles. The van der Waals surface area contributed by atoms with E-state index < -0.39 is 0 Å². The Morgan fingerprint density at radius 1 is 1.19 bits per heavy atom. The number of nitrogens with one attached hydrogen (secondary N) is 1. The molecule has 0 fully saturated rings. The van der Waals surface area contributed by atoms with Crippen molar-refractivity contribution in [1.29, 1.82) is 0 Å². The molecule has 0 radical (unpaired) electrons. The van der Waals surface area contributed by atoms with E-state index in [1.807, 2.05) is 31.2 Å². The van der Waals surface area contributed by atoms with Crippen molar-refractivity contribution >= 4 is 17.5 Å². The predicted molar refractivity (Wildman–Crippen MR) is 84.9 cm³/mol. The predicted octanol–water partition coefficient (Wildman–Crippen LogP) is 3.45. The Labute approximate surface area is 129 Å². The lowest BCUT2D eigenvalue weighted by Crippen LogP contribution is -2.28. The standard InChI is InChI=1S/C17H18ClNO2/c1-2-19-17(20)12-21-16-9-8-15(18)11-14(16)10-13-6-4-3-5-7-13/h3-9,11H,2,10,12H2,1H3,(H,19,20). The molecule has 0 heterocycles. The van der Waals surface area contributed by atoms with Crippen LogP contribution < -0.4 is 10.1 Å². The fourth-order valence-electron chi connectivity index (χ4n) is 2.03. The lowest BCUT2D eigenvalue weighted by molar-refractivity contribution is -0.122. The highest BCUT2D eigenvalue weighted by Gasteiger charge is 2.08. The second kappa shape index (κ2) is 7.70. The highest BCUT2D eigenvalue weighted by atomic mass is 35.5. The van der Waals surface area contributed by atoms with Crippen molar-refractivity contribution in [2.45, 2.75) is 13.3 Å². The lowest BCUT2D eigenvalue weighted by atomic mass is 10.0. The summed E-state index contributed by atoms with van der Waals surface area (Å²) < 4.78 is 5.61. The number of hydrogen-bond donors (Lipinski definition) is 1. The third-order valence-electron chi connectivity index (χ3n) is 2.99. The number of carbonyl (C=O) groups excluding carboxylic acids is 1. The van der Waals surface area contributed by atoms with Crippen LogP contribution in [0.1, 0.15) is 18.1 Å². The van der Waals surface area contributed by atoms with Crippen LogP contribution in [0.4, 0.5) is 0 Å². The monoisotopic (exact) mass is 303 g/mol. The fraction of sp³-hybridized carbons (Fsp3) is 0.235. The molecule has 4 heteroatoms. The zero-order valence-electron chi connectivity index (χ0n) is 11.9. The highest BCUT2D eigenvalue weighted by molar-refractivity contribution is 6.30. The van der Waals surface area contributed by atoms with E-state index in [1.54, 1.807) is 12.1 Å². The Kier molecular flexibility index (Phi) is 5.64. The van der Waals surface area contributed by atoms with E-state index in [4.69, 9.17) is 16.3 Å². The second-order valence-corrected chi connectivity index (χ2v) is 5.09. The van der Waals surface area contributed by atoms with Gasteiger partial charge in [0.2, 0.25) is 0 Å². The first kappa shape index (κ1) is 15.4. The molecule has 0 aliphatic heterocycles. The van der Waals surface area contributed by atoms with Gasteiger partial charge >= 0.3 is 0 Å². The van der Waals surface area contributed by atoms with Gasteiger partial charge in [0.25, 0.3) is 5.91 Å². The van der Waals surface area contributed by atoms with Gasteiger partial charge in [-0.15, -0.1) is 0 Å². The van der Waals surface area contributed by atoms with Crippen molar-refractivity contribution in [1.82, 2.24) is 5.32 Å². The maximum atomic E-state index is 11.5. The smallest absolute Gasteiger partial charge is 0.257 e. The molecule has 3 nitrogen and oxygen atoms in total. The van der Waals surface area contributed by atoms with E-state index in [0.29, 0.717) is 23.7 Å². The molecular weight excluding hydrogens is 286 g/mol. The van der Waals surface area contributed by atoms with Crippen molar-refractivity contribution in [2.75, 3.05) is 13.2 Å². The Balaban J connectivity index is 2.12. The van der Waals surface area contributed by atoms with Gasteiger partial charge in [-0.2, -0.15) is 0 Å². The number of benzene rings is 2. The average molecular weight is 304 g/mol. The van der Waals surface area contributed by atoms with Gasteiger partial charge in [-0.3, -0.25) is 4.79 Å². The molecule has 0 spiro atoms. The minimum Gasteiger partial charge on any atom is -0.483 e. The molecular formula is C17H18ClNO2. The first-order chi connectivity index (χ1) is 10.2. The Morgan fingerprint density at radius 3 is 2.67 bits per heavy atom. The van der Waals surface area contributed by atoms with Crippen molar-refractivity contribution in [3.63, 3.8) is 0 Å². The number of rotatable bonds is 6. The minimum atomic E-state index is -0.127. The maximum Gasteiger partial charge on any atom is 0.257 e. The molecule has 0 atom stereocenters. The molecule has 110 valence electrons. The van der Waals surface area contributed by atoms with E-state index in [2.05, 4.69) is 17.4 Å². The summed E-state index contributed by atoms with van der Waals surface area (Å²) in [6, 6.07) is 15.5. The summed E-state index contributed by atoms with van der Waals surface area (Å²) >= 11 is 6.06. The number of halogens is 1. The van der Waals surface area contributed by atoms with Gasteiger partial charge in [0.05, 0.1) is 0 Å². The van der Waals surface area contributed by atoms with Gasteiger partial charge in [0, 0.05) is 18.0 Å². The zero-order chi connectivity index (χ0) is 15.1. The average Bonchev–Trinajstić information content (AvgIpc) is 2.48. The van der Waals surface area contributed by atoms with Crippen LogP contribution in [0, 0.1) is 0 Å². The Hall–Kier alpha value is -2.00. The zero-order valence-corrected chi connectivity index (χ0v) is 12.7. The van der Waals surface area contributed by atoms with Crippen LogP contribution in [0.3, 0.4) is 0 Å². The molecule has 1 N–H and O–H groups in total. The molecule has 0 aromatic heterocycles. The third kappa shape index (κ3) is 4.80. The van der Waals surface area contributed by atoms with Gasteiger partial charge < -0.3 is 10.1 Å². The van der Waals surface area contributed by atoms with Crippen LogP contribution in [0.15, 0.2) is 48.5 Å². The molecule has 2 aromatic rings. The van der Waals surface area contributed by atoms with Gasteiger partial charge in [-0.05, 0) is 36.2 Å². The third-order valence-corrected chi connectivity index (χ3v) is 3.23. The number of carbonyl (C=O) groups is 1. The van der Waals surface area contributed by atoms with Crippen LogP contribution in [-0.2, 0) is 11.2 Å². The maximum absolute atomic E-state index is 11.5. The molecule has 2 rings (SSSR count). The summed E-state index contributed by atoms with van der Waals surface area (Å²) in [5.74, 6) is 0.563. The first-order valence-corrected chi connectivity index (χ1v) is 7.28. The molecule has 2 aromatic carbocycles. The van der Waals surface area contributed by atoms with E-state index >= 15 is 0 Å². The quantitative estimate of drug-likeness (QED) is 0.887. The van der Waals surface area contributed by atoms with Crippen molar-refractivity contribution in [2.24, 2.45) is 0 Å². The lowest BCUT2D eigenvalue weighted by Gasteiger charge is -2.12. The van der Waals surface area contributed by atoms with Crippen molar-refractivity contribution in [3.8, 4) is 5.75 Å². The van der Waals surface area contributed by atoms with Gasteiger partial charge in [-0.25, -0.2) is 0 Å². The van der Waals surface area contributed by atoms with Crippen LogP contribution in [0.5, 0.6) is 5.75 Å². The van der Waals surface area contributed by atoms with E-state index in [1.165, 1.54) is 5.56 Å². The SMILES string of the molecule is CCNC(=O)COc1ccc(Cl)cc1Cc1ccccc1. The van der Waals surface area contributed by atoms with Crippen LogP contribution in [-0.4, -0.2) is 19.1 Å². The number of amides is 1. The van der Waals surface area contributed by atoms with E-state index in [9.17, 15) is 4.79 Å². The molecule has 0 saturated carbocycles. The summed E-state index contributed by atoms with van der Waals surface area (Å²) in [6.45, 7) is 2.48. The molecule has 1 amide bonds. The highest BCUT2D eigenvalue weighted by Crippen LogP contribution is 2.25. The summed E-state index contributed by atoms with van der Waals surface area (Å²) in [5, 5.41) is 3.36. The van der Waals surface area contributed by atoms with Crippen LogP contribution >= 0.6 is 11.6 Å². The molecule has 0 unspecified atom stereocenters. The van der Waals surface area contributed by atoms with E-state index in [0.717, 1.165) is 5.56 Å². The van der Waals surface area contributed by atoms with Gasteiger partial charge in [0.15, 0.2) is 6.61 Å². The van der Waals surface area contributed by atoms with Gasteiger partial charge in [0.1, 0.15) is 5.75 Å². The fourth-order valence-corrected chi connectivity index (χ4v) is 2.23. The Bertz CT molecular complexity index is 599. The van der Waals surface area contributed by atoms with Crippen LogP contribution in [0.25, 0.3) is 0 Å². The summed E-state index contributed by atoms with van der Waals surface area (Å²) in [6.07, 6.45) is 0.714. The number of likely N-dealkylation sites (N-methyl/N-ethyl adjacent to an activating group) is 1. The summed E-state index contributed by atoms with van der Waals surface area (Å²) in [7, 11) is 0. The normalized spacial score (nSPS) is 10.2. The summed E-state index contributed by atoms with van der Waals surface area (Å²) in [4.78, 5) is 11.5. The topological polar surface area (TPSA) is 38.3 Å². The van der Waals surface area contributed by atoms with Gasteiger partial charge in [-0.1, -0.05) is 41.9 Å². The molecule has 0 bridgehead atoms. The number of ether oxygens (including phenoxy) is 1. The molecule has 21 heavy (non-hydrogen) atoms. The molecule has 0 saturated heterocycles. The second-order valence-electron chi connectivity index (χ2n) is 4.66. The molecule has 0 aliphatic rings. The number of hydrogen-bond acceptors (Lipinski definition) is 2.